The van der Waals surface area contributed by atoms with E-state index in [4.69, 9.17) is 0 Å². The molecule has 114 valence electrons. The minimum atomic E-state index is -0.252. The van der Waals surface area contributed by atoms with Gasteiger partial charge in [0.25, 0.3) is 0 Å². The van der Waals surface area contributed by atoms with Gasteiger partial charge in [0.05, 0.1) is 6.04 Å². The maximum atomic E-state index is 13.2. The van der Waals surface area contributed by atoms with Crippen LogP contribution in [0.25, 0.3) is 0 Å². The Morgan fingerprint density at radius 1 is 1.38 bits per heavy atom. The van der Waals surface area contributed by atoms with Crippen LogP contribution >= 0.6 is 0 Å². The van der Waals surface area contributed by atoms with Gasteiger partial charge in [-0.25, -0.2) is 4.39 Å². The third kappa shape index (κ3) is 3.26. The molecule has 0 spiro atoms. The molecule has 1 heterocycles. The zero-order chi connectivity index (χ0) is 14.8. The summed E-state index contributed by atoms with van der Waals surface area (Å²) in [7, 11) is 1.80. The normalized spacial score (nSPS) is 28.2. The van der Waals surface area contributed by atoms with Crippen molar-refractivity contribution in [1.82, 2.24) is 10.2 Å². The number of benzene rings is 1. The molecule has 3 rings (SSSR count). The van der Waals surface area contributed by atoms with Crippen molar-refractivity contribution in [2.75, 3.05) is 7.05 Å². The lowest BCUT2D eigenvalue weighted by molar-refractivity contribution is -0.132. The fourth-order valence-electron chi connectivity index (χ4n) is 3.76. The van der Waals surface area contributed by atoms with Crippen LogP contribution in [0.1, 0.15) is 37.7 Å². The first-order chi connectivity index (χ1) is 10.1. The van der Waals surface area contributed by atoms with Gasteiger partial charge in [0.2, 0.25) is 5.91 Å². The van der Waals surface area contributed by atoms with E-state index >= 15 is 0 Å². The summed E-state index contributed by atoms with van der Waals surface area (Å²) >= 11 is 0. The Balaban J connectivity index is 1.60. The van der Waals surface area contributed by atoms with Gasteiger partial charge in [-0.05, 0) is 42.9 Å². The predicted octanol–water partition coefficient (Wildman–Crippen LogP) is 2.70. The van der Waals surface area contributed by atoms with Gasteiger partial charge in [-0.2, -0.15) is 0 Å². The number of carbonyl (C=O) groups is 1. The molecule has 2 aliphatic rings. The highest BCUT2D eigenvalue weighted by atomic mass is 19.1. The van der Waals surface area contributed by atoms with Gasteiger partial charge in [-0.15, -0.1) is 0 Å². The van der Waals surface area contributed by atoms with Crippen LogP contribution in [-0.2, 0) is 11.3 Å². The van der Waals surface area contributed by atoms with Crippen LogP contribution in [0.4, 0.5) is 4.39 Å². The Kier molecular flexibility index (Phi) is 4.24. The molecule has 1 saturated carbocycles. The molecule has 0 aromatic heterocycles. The van der Waals surface area contributed by atoms with Crippen LogP contribution < -0.4 is 5.32 Å². The summed E-state index contributed by atoms with van der Waals surface area (Å²) in [5.74, 6) is 0.544. The molecular formula is C17H23FN2O. The average Bonchev–Trinajstić information content (AvgIpc) is 2.90. The summed E-state index contributed by atoms with van der Waals surface area (Å²) in [6.45, 7) is 0.462. The maximum Gasteiger partial charge on any atom is 0.239 e. The highest BCUT2D eigenvalue weighted by molar-refractivity contribution is 5.82. The van der Waals surface area contributed by atoms with Crippen LogP contribution in [0, 0.1) is 11.7 Å². The van der Waals surface area contributed by atoms with E-state index in [1.165, 1.54) is 37.8 Å². The van der Waals surface area contributed by atoms with Gasteiger partial charge < -0.3 is 10.2 Å². The number of hydrogen-bond donors (Lipinski definition) is 1. The molecule has 3 nitrogen and oxygen atoms in total. The Morgan fingerprint density at radius 2 is 2.19 bits per heavy atom. The Bertz CT molecular complexity index is 505. The number of carbonyl (C=O) groups excluding carboxylic acids is 1. The number of amides is 1. The number of hydrogen-bond acceptors (Lipinski definition) is 2. The second kappa shape index (κ2) is 6.14. The molecule has 1 saturated heterocycles. The second-order valence-corrected chi connectivity index (χ2v) is 6.43. The van der Waals surface area contributed by atoms with Gasteiger partial charge in [0.15, 0.2) is 0 Å². The van der Waals surface area contributed by atoms with Gasteiger partial charge in [-0.1, -0.05) is 25.0 Å². The van der Waals surface area contributed by atoms with Crippen LogP contribution in [0.5, 0.6) is 0 Å². The van der Waals surface area contributed by atoms with E-state index in [0.717, 1.165) is 12.0 Å². The van der Waals surface area contributed by atoms with Gasteiger partial charge >= 0.3 is 0 Å². The van der Waals surface area contributed by atoms with Crippen LogP contribution in [0.15, 0.2) is 24.3 Å². The van der Waals surface area contributed by atoms with Crippen molar-refractivity contribution in [3.8, 4) is 0 Å². The second-order valence-electron chi connectivity index (χ2n) is 6.43. The maximum absolute atomic E-state index is 13.2. The number of rotatable bonds is 3. The van der Waals surface area contributed by atoms with E-state index in [1.54, 1.807) is 18.0 Å². The zero-order valence-corrected chi connectivity index (χ0v) is 12.5. The topological polar surface area (TPSA) is 32.3 Å². The average molecular weight is 290 g/mol. The molecule has 1 amide bonds. The lowest BCUT2D eigenvalue weighted by Gasteiger charge is -2.24. The number of likely N-dealkylation sites (N-methyl/N-ethyl adjacent to an activating group) is 1. The molecule has 1 aliphatic carbocycles. The van der Waals surface area contributed by atoms with E-state index in [2.05, 4.69) is 5.32 Å². The fraction of sp³-hybridized carbons (Fsp3) is 0.588. The number of halogens is 1. The van der Waals surface area contributed by atoms with E-state index in [0.29, 0.717) is 18.5 Å². The van der Waals surface area contributed by atoms with Gasteiger partial charge in [0.1, 0.15) is 5.82 Å². The third-order valence-electron chi connectivity index (χ3n) is 4.85. The SMILES string of the molecule is CN(Cc1cccc(F)c1)C(=O)C1CC2CCCCC2N1. The highest BCUT2D eigenvalue weighted by Gasteiger charge is 2.39. The summed E-state index contributed by atoms with van der Waals surface area (Å²) in [4.78, 5) is 14.3. The first-order valence-corrected chi connectivity index (χ1v) is 7.89. The predicted molar refractivity (Wildman–Crippen MR) is 80.2 cm³/mol. The number of nitrogens with one attached hydrogen (secondary N) is 1. The standard InChI is InChI=1S/C17H23FN2O/c1-20(11-12-5-4-7-14(18)9-12)17(21)16-10-13-6-2-3-8-15(13)19-16/h4-5,7,9,13,15-16,19H,2-3,6,8,10-11H2,1H3. The lowest BCUT2D eigenvalue weighted by atomic mass is 9.85. The molecule has 1 N–H and O–H groups in total. The summed E-state index contributed by atoms with van der Waals surface area (Å²) < 4.78 is 13.2. The fourth-order valence-corrected chi connectivity index (χ4v) is 3.76. The minimum Gasteiger partial charge on any atom is -0.340 e. The van der Waals surface area contributed by atoms with Crippen molar-refractivity contribution in [2.45, 2.75) is 50.7 Å². The molecule has 2 fully saturated rings. The quantitative estimate of drug-likeness (QED) is 0.928. The molecule has 0 bridgehead atoms. The Morgan fingerprint density at radius 3 is 2.95 bits per heavy atom. The summed E-state index contributed by atoms with van der Waals surface area (Å²) in [5.41, 5.74) is 0.835. The van der Waals surface area contributed by atoms with E-state index in [1.807, 2.05) is 6.07 Å². The Labute approximate surface area is 125 Å². The summed E-state index contributed by atoms with van der Waals surface area (Å²) in [6.07, 6.45) is 5.96. The monoisotopic (exact) mass is 290 g/mol. The number of nitrogens with zero attached hydrogens (tertiary/aromatic N) is 1. The van der Waals surface area contributed by atoms with E-state index in [9.17, 15) is 9.18 Å². The van der Waals surface area contributed by atoms with E-state index in [-0.39, 0.29) is 17.8 Å². The smallest absolute Gasteiger partial charge is 0.239 e. The highest BCUT2D eigenvalue weighted by Crippen LogP contribution is 2.33. The zero-order valence-electron chi connectivity index (χ0n) is 12.5. The first-order valence-electron chi connectivity index (χ1n) is 7.89. The van der Waals surface area contributed by atoms with Crippen molar-refractivity contribution < 1.29 is 9.18 Å². The summed E-state index contributed by atoms with van der Waals surface area (Å²) in [6, 6.07) is 6.92. The molecule has 4 heteroatoms. The van der Waals surface area contributed by atoms with Crippen LogP contribution in [-0.4, -0.2) is 29.9 Å². The molecule has 3 unspecified atom stereocenters. The number of fused-ring (bicyclic) bond motifs is 1. The van der Waals surface area contributed by atoms with Crippen molar-refractivity contribution in [3.63, 3.8) is 0 Å². The molecule has 1 aromatic rings. The van der Waals surface area contributed by atoms with Gasteiger partial charge in [0, 0.05) is 19.6 Å². The van der Waals surface area contributed by atoms with Crippen molar-refractivity contribution in [2.24, 2.45) is 5.92 Å². The molecule has 21 heavy (non-hydrogen) atoms. The van der Waals surface area contributed by atoms with Crippen molar-refractivity contribution in [1.29, 1.82) is 0 Å². The summed E-state index contributed by atoms with van der Waals surface area (Å²) in [5, 5.41) is 3.51. The molecule has 1 aromatic carbocycles. The minimum absolute atomic E-state index is 0.0586. The van der Waals surface area contributed by atoms with Crippen LogP contribution in [0.3, 0.4) is 0 Å². The molecule has 1 aliphatic heterocycles. The lowest BCUT2D eigenvalue weighted by Crippen LogP contribution is -2.43. The van der Waals surface area contributed by atoms with Gasteiger partial charge in [-0.3, -0.25) is 4.79 Å². The van der Waals surface area contributed by atoms with E-state index < -0.39 is 0 Å². The third-order valence-corrected chi connectivity index (χ3v) is 4.85. The van der Waals surface area contributed by atoms with Crippen LogP contribution in [0.2, 0.25) is 0 Å². The molecule has 0 radical (unpaired) electrons. The molecular weight excluding hydrogens is 267 g/mol. The van der Waals surface area contributed by atoms with Crippen molar-refractivity contribution >= 4 is 5.91 Å². The first kappa shape index (κ1) is 14.5. The Hall–Kier alpha value is -1.42. The molecule has 3 atom stereocenters. The largest absolute Gasteiger partial charge is 0.340 e. The van der Waals surface area contributed by atoms with Crippen molar-refractivity contribution in [3.05, 3.63) is 35.6 Å².